The predicted molar refractivity (Wildman–Crippen MR) is 115 cm³/mol. The van der Waals surface area contributed by atoms with E-state index in [1.165, 1.54) is 30.5 Å². The number of aromatic nitrogens is 1. The number of carbonyl (C=O) groups is 2. The van der Waals surface area contributed by atoms with Crippen LogP contribution in [0, 0.1) is 0 Å². The van der Waals surface area contributed by atoms with E-state index < -0.39 is 23.6 Å². The zero-order chi connectivity index (χ0) is 23.6. The van der Waals surface area contributed by atoms with Crippen LogP contribution < -0.4 is 10.1 Å². The number of hydrogen-bond donors (Lipinski definition) is 2. The minimum atomic E-state index is -4.55. The highest BCUT2D eigenvalue weighted by Crippen LogP contribution is 2.31. The van der Waals surface area contributed by atoms with Crippen LogP contribution in [-0.2, 0) is 6.18 Å². The van der Waals surface area contributed by atoms with E-state index in [9.17, 15) is 22.8 Å². The Labute approximate surface area is 185 Å². The molecule has 0 bridgehead atoms. The third kappa shape index (κ3) is 4.93. The molecule has 0 unspecified atom stereocenters. The molecule has 0 fully saturated rings. The minimum Gasteiger partial charge on any atom is -0.477 e. The van der Waals surface area contributed by atoms with Crippen molar-refractivity contribution in [2.24, 2.45) is 0 Å². The molecule has 4 rings (SSSR count). The van der Waals surface area contributed by atoms with Gasteiger partial charge in [-0.05, 0) is 53.9 Å². The highest BCUT2D eigenvalue weighted by molar-refractivity contribution is 6.09. The average molecular weight is 452 g/mol. The van der Waals surface area contributed by atoms with Gasteiger partial charge in [0.05, 0.1) is 5.56 Å². The van der Waals surface area contributed by atoms with Crippen LogP contribution >= 0.6 is 0 Å². The molecule has 2 N–H and O–H groups in total. The zero-order valence-electron chi connectivity index (χ0n) is 16.8. The van der Waals surface area contributed by atoms with E-state index in [2.05, 4.69) is 10.3 Å². The Morgan fingerprint density at radius 1 is 0.909 bits per heavy atom. The van der Waals surface area contributed by atoms with Gasteiger partial charge in [-0.15, -0.1) is 0 Å². The molecule has 3 aromatic carbocycles. The number of alkyl halides is 3. The van der Waals surface area contributed by atoms with Crippen molar-refractivity contribution in [3.63, 3.8) is 0 Å². The second kappa shape index (κ2) is 8.62. The Morgan fingerprint density at radius 3 is 2.42 bits per heavy atom. The fourth-order valence-electron chi connectivity index (χ4n) is 3.19. The van der Waals surface area contributed by atoms with Crippen LogP contribution in [-0.4, -0.2) is 22.0 Å². The van der Waals surface area contributed by atoms with E-state index in [1.807, 2.05) is 0 Å². The second-order valence-corrected chi connectivity index (χ2v) is 7.01. The van der Waals surface area contributed by atoms with Crippen molar-refractivity contribution >= 4 is 28.3 Å². The molecule has 1 amide bonds. The molecule has 6 nitrogen and oxygen atoms in total. The highest BCUT2D eigenvalue weighted by atomic mass is 19.4. The van der Waals surface area contributed by atoms with Gasteiger partial charge in [-0.2, -0.15) is 13.2 Å². The number of halogens is 3. The van der Waals surface area contributed by atoms with Crippen molar-refractivity contribution < 1.29 is 32.6 Å². The van der Waals surface area contributed by atoms with E-state index in [4.69, 9.17) is 9.84 Å². The molecule has 0 saturated carbocycles. The maximum Gasteiger partial charge on any atom is 0.416 e. The monoisotopic (exact) mass is 452 g/mol. The van der Waals surface area contributed by atoms with Gasteiger partial charge in [-0.25, -0.2) is 9.78 Å². The summed E-state index contributed by atoms with van der Waals surface area (Å²) in [6, 6.07) is 17.1. The standard InChI is InChI=1S/C24H15F3N2O4/c25-24(26,27)16-5-1-4-15(11-16)22(30)29-20-6-2-3-14-12-17(7-8-19(14)20)33-18-9-10-28-21(13-18)23(31)32/h1-13H,(H,29,30)(H,31,32). The molecule has 0 radical (unpaired) electrons. The number of pyridine rings is 1. The van der Waals surface area contributed by atoms with Crippen LogP contribution in [0.4, 0.5) is 18.9 Å². The van der Waals surface area contributed by atoms with Crippen molar-refractivity contribution in [1.29, 1.82) is 0 Å². The highest BCUT2D eigenvalue weighted by Gasteiger charge is 2.30. The van der Waals surface area contributed by atoms with Crippen LogP contribution in [0.1, 0.15) is 26.4 Å². The molecule has 0 spiro atoms. The van der Waals surface area contributed by atoms with Gasteiger partial charge in [0.25, 0.3) is 5.91 Å². The normalized spacial score (nSPS) is 11.2. The Morgan fingerprint density at radius 2 is 1.67 bits per heavy atom. The summed E-state index contributed by atoms with van der Waals surface area (Å²) in [5, 5.41) is 13.0. The van der Waals surface area contributed by atoms with Crippen LogP contribution in [0.3, 0.4) is 0 Å². The maximum absolute atomic E-state index is 12.9. The van der Waals surface area contributed by atoms with Crippen molar-refractivity contribution in [3.8, 4) is 11.5 Å². The first-order valence-electron chi connectivity index (χ1n) is 9.59. The fourth-order valence-corrected chi connectivity index (χ4v) is 3.19. The van der Waals surface area contributed by atoms with E-state index in [0.29, 0.717) is 22.2 Å². The van der Waals surface area contributed by atoms with Crippen molar-refractivity contribution in [1.82, 2.24) is 4.98 Å². The largest absolute Gasteiger partial charge is 0.477 e. The maximum atomic E-state index is 12.9. The summed E-state index contributed by atoms with van der Waals surface area (Å²) < 4.78 is 44.6. The summed E-state index contributed by atoms with van der Waals surface area (Å²) in [4.78, 5) is 27.4. The SMILES string of the molecule is O=C(Nc1cccc2cc(Oc3ccnc(C(=O)O)c3)ccc12)c1cccc(C(F)(F)F)c1. The number of nitrogens with one attached hydrogen (secondary N) is 1. The van der Waals surface area contributed by atoms with E-state index in [-0.39, 0.29) is 17.0 Å². The summed E-state index contributed by atoms with van der Waals surface area (Å²) in [6.07, 6.45) is -3.23. The Kier molecular flexibility index (Phi) is 5.70. The first kappa shape index (κ1) is 21.8. The molecule has 166 valence electrons. The quantitative estimate of drug-likeness (QED) is 0.388. The number of nitrogens with zero attached hydrogens (tertiary/aromatic N) is 1. The average Bonchev–Trinajstić information content (AvgIpc) is 2.79. The summed E-state index contributed by atoms with van der Waals surface area (Å²) in [6.45, 7) is 0. The van der Waals surface area contributed by atoms with Gasteiger partial charge in [0.15, 0.2) is 5.69 Å². The van der Waals surface area contributed by atoms with Gasteiger partial charge >= 0.3 is 12.1 Å². The number of carbonyl (C=O) groups excluding carboxylic acids is 1. The topological polar surface area (TPSA) is 88.5 Å². The number of carboxylic acid groups (broad SMARTS) is 1. The van der Waals surface area contributed by atoms with Crippen LogP contribution in [0.25, 0.3) is 10.8 Å². The molecule has 0 aliphatic carbocycles. The van der Waals surface area contributed by atoms with Crippen molar-refractivity contribution in [2.75, 3.05) is 5.32 Å². The molecular weight excluding hydrogens is 437 g/mol. The van der Waals surface area contributed by atoms with Gasteiger partial charge in [0.1, 0.15) is 11.5 Å². The zero-order valence-corrected chi connectivity index (χ0v) is 16.8. The Balaban J connectivity index is 1.58. The lowest BCUT2D eigenvalue weighted by Crippen LogP contribution is -2.14. The van der Waals surface area contributed by atoms with Gasteiger partial charge in [-0.1, -0.05) is 18.2 Å². The lowest BCUT2D eigenvalue weighted by atomic mass is 10.1. The number of rotatable bonds is 5. The van der Waals surface area contributed by atoms with Gasteiger partial charge < -0.3 is 15.2 Å². The number of amides is 1. The van der Waals surface area contributed by atoms with E-state index >= 15 is 0 Å². The number of hydrogen-bond acceptors (Lipinski definition) is 4. The number of fused-ring (bicyclic) bond motifs is 1. The van der Waals surface area contributed by atoms with Crippen LogP contribution in [0.15, 0.2) is 79.0 Å². The molecule has 1 aromatic heterocycles. The Bertz CT molecular complexity index is 1370. The van der Waals surface area contributed by atoms with E-state index in [1.54, 1.807) is 36.4 Å². The number of carboxylic acids is 1. The summed E-state index contributed by atoms with van der Waals surface area (Å²) >= 11 is 0. The molecule has 0 atom stereocenters. The molecule has 0 saturated heterocycles. The molecule has 9 heteroatoms. The first-order chi connectivity index (χ1) is 15.7. The first-order valence-corrected chi connectivity index (χ1v) is 9.59. The number of anilines is 1. The summed E-state index contributed by atoms with van der Waals surface area (Å²) in [7, 11) is 0. The second-order valence-electron chi connectivity index (χ2n) is 7.01. The minimum absolute atomic E-state index is 0.117. The number of aromatic carboxylic acids is 1. The summed E-state index contributed by atoms with van der Waals surface area (Å²) in [5.41, 5.74) is -0.767. The molecule has 1 heterocycles. The third-order valence-corrected chi connectivity index (χ3v) is 4.74. The van der Waals surface area contributed by atoms with Crippen molar-refractivity contribution in [2.45, 2.75) is 6.18 Å². The summed E-state index contributed by atoms with van der Waals surface area (Å²) in [5.74, 6) is -1.14. The lowest BCUT2D eigenvalue weighted by Gasteiger charge is -2.12. The van der Waals surface area contributed by atoms with Crippen LogP contribution in [0.5, 0.6) is 11.5 Å². The molecule has 0 aliphatic heterocycles. The van der Waals surface area contributed by atoms with Gasteiger partial charge in [-0.3, -0.25) is 4.79 Å². The Hall–Kier alpha value is -4.40. The fraction of sp³-hybridized carbons (Fsp3) is 0.0417. The number of benzene rings is 3. The smallest absolute Gasteiger partial charge is 0.416 e. The molecule has 33 heavy (non-hydrogen) atoms. The van der Waals surface area contributed by atoms with Crippen LogP contribution in [0.2, 0.25) is 0 Å². The number of ether oxygens (including phenoxy) is 1. The van der Waals surface area contributed by atoms with E-state index in [0.717, 1.165) is 12.1 Å². The van der Waals surface area contributed by atoms with Gasteiger partial charge in [0.2, 0.25) is 0 Å². The molecular formula is C24H15F3N2O4. The lowest BCUT2D eigenvalue weighted by molar-refractivity contribution is -0.137. The van der Waals surface area contributed by atoms with Crippen molar-refractivity contribution in [3.05, 3.63) is 95.8 Å². The third-order valence-electron chi connectivity index (χ3n) is 4.74. The molecule has 4 aromatic rings. The van der Waals surface area contributed by atoms with Gasteiger partial charge in [0, 0.05) is 28.9 Å². The molecule has 0 aliphatic rings. The predicted octanol–water partition coefficient (Wildman–Crippen LogP) is 6.00.